The first-order chi connectivity index (χ1) is 9.29. The fourth-order valence-electron chi connectivity index (χ4n) is 3.21. The van der Waals surface area contributed by atoms with Crippen LogP contribution in [0.2, 0.25) is 5.02 Å². The number of alkyl halides is 1. The van der Waals surface area contributed by atoms with Gasteiger partial charge in [-0.3, -0.25) is 0 Å². The van der Waals surface area contributed by atoms with Crippen molar-refractivity contribution in [1.29, 1.82) is 0 Å². The van der Waals surface area contributed by atoms with Gasteiger partial charge in [-0.15, -0.1) is 11.6 Å². The van der Waals surface area contributed by atoms with Crippen LogP contribution in [0.1, 0.15) is 45.6 Å². The Morgan fingerprint density at radius 3 is 2.60 bits per heavy atom. The van der Waals surface area contributed by atoms with Gasteiger partial charge < -0.3 is 0 Å². The molecule has 1 fully saturated rings. The van der Waals surface area contributed by atoms with Crippen molar-refractivity contribution in [3.05, 3.63) is 34.6 Å². The predicted octanol–water partition coefficient (Wildman–Crippen LogP) is 6.09. The third kappa shape index (κ3) is 3.68. The zero-order chi connectivity index (χ0) is 14.9. The standard InChI is InChI=1S/C17H23Cl2F/c1-17(2,3)13-7-8-14(18)12(10-13)9-11-5-4-6-15(20)16(11)19/h4-6,12-14H,7-10H2,1-3H3. The molecule has 0 saturated heterocycles. The third-order valence-electron chi connectivity index (χ3n) is 4.63. The molecule has 3 atom stereocenters. The van der Waals surface area contributed by atoms with Gasteiger partial charge in [-0.25, -0.2) is 4.39 Å². The van der Waals surface area contributed by atoms with E-state index in [0.29, 0.717) is 17.3 Å². The van der Waals surface area contributed by atoms with E-state index in [-0.39, 0.29) is 16.2 Å². The van der Waals surface area contributed by atoms with Crippen molar-refractivity contribution in [3.63, 3.8) is 0 Å². The Morgan fingerprint density at radius 2 is 1.95 bits per heavy atom. The van der Waals surface area contributed by atoms with Crippen LogP contribution in [0.3, 0.4) is 0 Å². The number of benzene rings is 1. The molecule has 0 heterocycles. The van der Waals surface area contributed by atoms with Gasteiger partial charge in [0.2, 0.25) is 0 Å². The van der Waals surface area contributed by atoms with Crippen molar-refractivity contribution in [2.75, 3.05) is 0 Å². The lowest BCUT2D eigenvalue weighted by atomic mass is 9.68. The molecule has 0 bridgehead atoms. The summed E-state index contributed by atoms with van der Waals surface area (Å²) < 4.78 is 13.5. The number of halogens is 3. The topological polar surface area (TPSA) is 0 Å². The summed E-state index contributed by atoms with van der Waals surface area (Å²) in [5, 5.41) is 0.433. The first-order valence-electron chi connectivity index (χ1n) is 7.36. The summed E-state index contributed by atoms with van der Waals surface area (Å²) in [6.07, 6.45) is 4.11. The number of rotatable bonds is 2. The molecule has 20 heavy (non-hydrogen) atoms. The molecule has 0 aliphatic heterocycles. The minimum absolute atomic E-state index is 0.174. The molecule has 0 spiro atoms. The molecule has 3 heteroatoms. The highest BCUT2D eigenvalue weighted by Crippen LogP contribution is 2.43. The smallest absolute Gasteiger partial charge is 0.142 e. The van der Waals surface area contributed by atoms with E-state index in [1.165, 1.54) is 12.5 Å². The molecule has 1 aliphatic rings. The van der Waals surface area contributed by atoms with Gasteiger partial charge in [0.15, 0.2) is 0 Å². The molecule has 3 unspecified atom stereocenters. The van der Waals surface area contributed by atoms with Gasteiger partial charge in [0, 0.05) is 5.38 Å². The Bertz CT molecular complexity index is 465. The van der Waals surface area contributed by atoms with E-state index in [0.717, 1.165) is 24.8 Å². The molecular formula is C17H23Cl2F. The molecule has 1 aromatic carbocycles. The van der Waals surface area contributed by atoms with Crippen LogP contribution in [0.25, 0.3) is 0 Å². The van der Waals surface area contributed by atoms with Crippen LogP contribution in [0, 0.1) is 23.1 Å². The second-order valence-corrected chi connectivity index (χ2v) is 8.01. The summed E-state index contributed by atoms with van der Waals surface area (Å²) in [5.41, 5.74) is 1.19. The van der Waals surface area contributed by atoms with E-state index in [2.05, 4.69) is 20.8 Å². The van der Waals surface area contributed by atoms with Crippen molar-refractivity contribution < 1.29 is 4.39 Å². The van der Waals surface area contributed by atoms with Crippen LogP contribution in [-0.2, 0) is 6.42 Å². The van der Waals surface area contributed by atoms with Crippen LogP contribution < -0.4 is 0 Å². The normalized spacial score (nSPS) is 27.6. The third-order valence-corrected chi connectivity index (χ3v) is 5.63. The maximum absolute atomic E-state index is 13.5. The van der Waals surface area contributed by atoms with E-state index < -0.39 is 0 Å². The van der Waals surface area contributed by atoms with Gasteiger partial charge in [0.05, 0.1) is 5.02 Å². The van der Waals surface area contributed by atoms with Gasteiger partial charge in [-0.2, -0.15) is 0 Å². The van der Waals surface area contributed by atoms with Gasteiger partial charge in [-0.1, -0.05) is 44.5 Å². The quantitative estimate of drug-likeness (QED) is 0.579. The maximum atomic E-state index is 13.5. The number of hydrogen-bond acceptors (Lipinski definition) is 0. The SMILES string of the molecule is CC(C)(C)C1CCC(Cl)C(Cc2cccc(F)c2Cl)C1. The van der Waals surface area contributed by atoms with Crippen LogP contribution >= 0.6 is 23.2 Å². The van der Waals surface area contributed by atoms with Gasteiger partial charge in [0.25, 0.3) is 0 Å². The average molecular weight is 317 g/mol. The average Bonchev–Trinajstić information content (AvgIpc) is 2.36. The minimum Gasteiger partial charge on any atom is -0.205 e. The largest absolute Gasteiger partial charge is 0.205 e. The Balaban J connectivity index is 2.12. The van der Waals surface area contributed by atoms with Gasteiger partial charge in [-0.05, 0) is 54.6 Å². The summed E-state index contributed by atoms with van der Waals surface area (Å²) in [7, 11) is 0. The molecule has 0 aromatic heterocycles. The monoisotopic (exact) mass is 316 g/mol. The fraction of sp³-hybridized carbons (Fsp3) is 0.647. The lowest BCUT2D eigenvalue weighted by Gasteiger charge is -2.40. The Labute approximate surface area is 131 Å². The Hall–Kier alpha value is -0.270. The summed E-state index contributed by atoms with van der Waals surface area (Å²) in [6, 6.07) is 5.04. The summed E-state index contributed by atoms with van der Waals surface area (Å²) >= 11 is 12.6. The minimum atomic E-state index is -0.335. The molecule has 2 rings (SSSR count). The van der Waals surface area contributed by atoms with Crippen molar-refractivity contribution in [1.82, 2.24) is 0 Å². The van der Waals surface area contributed by atoms with E-state index in [9.17, 15) is 4.39 Å². The lowest BCUT2D eigenvalue weighted by molar-refractivity contribution is 0.144. The molecule has 1 saturated carbocycles. The van der Waals surface area contributed by atoms with Crippen molar-refractivity contribution >= 4 is 23.2 Å². The van der Waals surface area contributed by atoms with Crippen LogP contribution in [0.5, 0.6) is 0 Å². The molecule has 0 radical (unpaired) electrons. The van der Waals surface area contributed by atoms with Crippen LogP contribution in [0.4, 0.5) is 4.39 Å². The fourth-order valence-corrected chi connectivity index (χ4v) is 3.73. The van der Waals surface area contributed by atoms with E-state index in [1.807, 2.05) is 6.07 Å². The second kappa shape index (κ2) is 6.23. The second-order valence-electron chi connectivity index (χ2n) is 7.07. The Morgan fingerprint density at radius 1 is 1.25 bits per heavy atom. The summed E-state index contributed by atoms with van der Waals surface area (Å²) in [6.45, 7) is 6.87. The van der Waals surface area contributed by atoms with Crippen molar-refractivity contribution in [3.8, 4) is 0 Å². The highest BCUT2D eigenvalue weighted by atomic mass is 35.5. The van der Waals surface area contributed by atoms with E-state index in [1.54, 1.807) is 6.07 Å². The van der Waals surface area contributed by atoms with Crippen molar-refractivity contribution in [2.45, 2.75) is 51.8 Å². The zero-order valence-corrected chi connectivity index (χ0v) is 13.9. The first kappa shape index (κ1) is 16.1. The summed E-state index contributed by atoms with van der Waals surface area (Å²) in [4.78, 5) is 0. The van der Waals surface area contributed by atoms with Gasteiger partial charge in [0.1, 0.15) is 5.82 Å². The first-order valence-corrected chi connectivity index (χ1v) is 8.17. The van der Waals surface area contributed by atoms with Crippen LogP contribution in [0.15, 0.2) is 18.2 Å². The molecule has 0 amide bonds. The summed E-state index contributed by atoms with van der Waals surface area (Å²) in [5.74, 6) is 0.724. The lowest BCUT2D eigenvalue weighted by Crippen LogP contribution is -2.33. The highest BCUT2D eigenvalue weighted by molar-refractivity contribution is 6.31. The highest BCUT2D eigenvalue weighted by Gasteiger charge is 2.35. The molecule has 1 aliphatic carbocycles. The van der Waals surface area contributed by atoms with Gasteiger partial charge >= 0.3 is 0 Å². The Kier molecular flexibility index (Phi) is 5.02. The van der Waals surface area contributed by atoms with Crippen molar-refractivity contribution in [2.24, 2.45) is 17.3 Å². The number of hydrogen-bond donors (Lipinski definition) is 0. The molecular weight excluding hydrogens is 294 g/mol. The molecule has 112 valence electrons. The zero-order valence-electron chi connectivity index (χ0n) is 12.4. The van der Waals surface area contributed by atoms with E-state index in [4.69, 9.17) is 23.2 Å². The van der Waals surface area contributed by atoms with E-state index >= 15 is 0 Å². The van der Waals surface area contributed by atoms with Crippen LogP contribution in [-0.4, -0.2) is 5.38 Å². The molecule has 1 aromatic rings. The molecule has 0 N–H and O–H groups in total. The molecule has 0 nitrogen and oxygen atoms in total. The maximum Gasteiger partial charge on any atom is 0.142 e. The predicted molar refractivity (Wildman–Crippen MR) is 85.0 cm³/mol.